The van der Waals surface area contributed by atoms with Crippen LogP contribution in [-0.4, -0.2) is 19.6 Å². The molecule has 1 unspecified atom stereocenters. The summed E-state index contributed by atoms with van der Waals surface area (Å²) in [6.07, 6.45) is 4.36. The maximum absolute atomic E-state index is 13.3. The fraction of sp³-hybridized carbons (Fsp3) is 0.571. The molecule has 0 heterocycles. The van der Waals surface area contributed by atoms with Gasteiger partial charge in [-0.1, -0.05) is 12.8 Å². The molecular weight excluding hydrogens is 281 g/mol. The van der Waals surface area contributed by atoms with Crippen LogP contribution in [0.25, 0.3) is 0 Å². The van der Waals surface area contributed by atoms with Crippen molar-refractivity contribution in [2.45, 2.75) is 50.2 Å². The third-order valence-electron chi connectivity index (χ3n) is 3.95. The maximum atomic E-state index is 13.3. The third kappa shape index (κ3) is 3.37. The molecule has 1 saturated carbocycles. The summed E-state index contributed by atoms with van der Waals surface area (Å²) in [7, 11) is -3.67. The summed E-state index contributed by atoms with van der Waals surface area (Å²) in [5, 5.41) is 9.01. The second kappa shape index (κ2) is 6.20. The molecule has 1 aliphatic rings. The minimum atomic E-state index is -3.67. The molecule has 0 aliphatic heterocycles. The van der Waals surface area contributed by atoms with Gasteiger partial charge in [-0.2, -0.15) is 0 Å². The first-order valence-electron chi connectivity index (χ1n) is 6.85. The van der Waals surface area contributed by atoms with Crippen molar-refractivity contribution in [2.24, 2.45) is 5.92 Å². The van der Waals surface area contributed by atoms with E-state index in [0.29, 0.717) is 5.92 Å². The Morgan fingerprint density at radius 1 is 1.40 bits per heavy atom. The molecule has 2 N–H and O–H groups in total. The number of hydrogen-bond acceptors (Lipinski definition) is 3. The zero-order valence-corrected chi connectivity index (χ0v) is 12.3. The lowest BCUT2D eigenvalue weighted by molar-refractivity contribution is 0.275. The Labute approximate surface area is 119 Å². The average Bonchev–Trinajstić information content (AvgIpc) is 2.92. The van der Waals surface area contributed by atoms with Crippen molar-refractivity contribution in [3.63, 3.8) is 0 Å². The Balaban J connectivity index is 2.17. The van der Waals surface area contributed by atoms with E-state index in [1.165, 1.54) is 12.1 Å². The average molecular weight is 301 g/mol. The highest BCUT2D eigenvalue weighted by Crippen LogP contribution is 2.28. The van der Waals surface area contributed by atoms with Gasteiger partial charge in [-0.3, -0.25) is 0 Å². The molecule has 0 saturated heterocycles. The molecule has 2 rings (SSSR count). The Morgan fingerprint density at radius 3 is 2.65 bits per heavy atom. The maximum Gasteiger partial charge on any atom is 0.240 e. The van der Waals surface area contributed by atoms with Crippen molar-refractivity contribution >= 4 is 10.0 Å². The van der Waals surface area contributed by atoms with E-state index in [0.717, 1.165) is 31.7 Å². The van der Waals surface area contributed by atoms with E-state index in [2.05, 4.69) is 4.72 Å². The predicted octanol–water partition coefficient (Wildman–Crippen LogP) is 2.17. The first-order valence-corrected chi connectivity index (χ1v) is 8.34. The SMILES string of the molecule is CC(NS(=O)(=O)c1ccc(F)c(CO)c1)C1CCCC1. The lowest BCUT2D eigenvalue weighted by atomic mass is 10.0. The summed E-state index contributed by atoms with van der Waals surface area (Å²) in [5.41, 5.74) is -0.0126. The molecule has 1 aromatic rings. The molecule has 112 valence electrons. The molecule has 6 heteroatoms. The highest BCUT2D eigenvalue weighted by Gasteiger charge is 2.26. The summed E-state index contributed by atoms with van der Waals surface area (Å²) in [4.78, 5) is -0.00667. The fourth-order valence-corrected chi connectivity index (χ4v) is 4.07. The van der Waals surface area contributed by atoms with Crippen molar-refractivity contribution in [3.8, 4) is 0 Å². The Kier molecular flexibility index (Phi) is 4.78. The van der Waals surface area contributed by atoms with Crippen molar-refractivity contribution < 1.29 is 17.9 Å². The van der Waals surface area contributed by atoms with Gasteiger partial charge in [-0.05, 0) is 43.9 Å². The van der Waals surface area contributed by atoms with Gasteiger partial charge in [0.25, 0.3) is 0 Å². The van der Waals surface area contributed by atoms with Crippen LogP contribution < -0.4 is 4.72 Å². The summed E-state index contributed by atoms with van der Waals surface area (Å²) in [6, 6.07) is 3.34. The first-order chi connectivity index (χ1) is 9.44. The number of hydrogen-bond donors (Lipinski definition) is 2. The number of aliphatic hydroxyl groups excluding tert-OH is 1. The summed E-state index contributed by atoms with van der Waals surface area (Å²) >= 11 is 0. The second-order valence-electron chi connectivity index (χ2n) is 5.37. The van der Waals surface area contributed by atoms with E-state index < -0.39 is 22.4 Å². The fourth-order valence-electron chi connectivity index (χ4n) is 2.71. The van der Waals surface area contributed by atoms with E-state index in [1.807, 2.05) is 6.92 Å². The Bertz CT molecular complexity index is 568. The van der Waals surface area contributed by atoms with Crippen LogP contribution in [0, 0.1) is 11.7 Å². The largest absolute Gasteiger partial charge is 0.392 e. The Hall–Kier alpha value is -0.980. The van der Waals surface area contributed by atoms with Gasteiger partial charge in [-0.25, -0.2) is 17.5 Å². The van der Waals surface area contributed by atoms with Gasteiger partial charge in [0, 0.05) is 11.6 Å². The van der Waals surface area contributed by atoms with E-state index >= 15 is 0 Å². The van der Waals surface area contributed by atoms with Crippen LogP contribution >= 0.6 is 0 Å². The van der Waals surface area contributed by atoms with Crippen molar-refractivity contribution in [1.82, 2.24) is 4.72 Å². The van der Waals surface area contributed by atoms with Gasteiger partial charge >= 0.3 is 0 Å². The molecule has 0 radical (unpaired) electrons. The van der Waals surface area contributed by atoms with Crippen molar-refractivity contribution in [1.29, 1.82) is 0 Å². The van der Waals surface area contributed by atoms with Crippen LogP contribution in [0.15, 0.2) is 23.1 Å². The smallest absolute Gasteiger partial charge is 0.240 e. The van der Waals surface area contributed by atoms with Crippen molar-refractivity contribution in [2.75, 3.05) is 0 Å². The van der Waals surface area contributed by atoms with E-state index in [9.17, 15) is 12.8 Å². The number of rotatable bonds is 5. The number of aliphatic hydroxyl groups is 1. The lowest BCUT2D eigenvalue weighted by Crippen LogP contribution is -2.37. The van der Waals surface area contributed by atoms with Gasteiger partial charge in [-0.15, -0.1) is 0 Å². The molecule has 0 aromatic heterocycles. The quantitative estimate of drug-likeness (QED) is 0.876. The van der Waals surface area contributed by atoms with Crippen LogP contribution in [-0.2, 0) is 16.6 Å². The molecule has 1 atom stereocenters. The summed E-state index contributed by atoms with van der Waals surface area (Å²) in [5.74, 6) is -0.238. The molecule has 0 spiro atoms. The van der Waals surface area contributed by atoms with E-state index in [-0.39, 0.29) is 16.5 Å². The van der Waals surface area contributed by atoms with E-state index in [4.69, 9.17) is 5.11 Å². The summed E-state index contributed by atoms with van der Waals surface area (Å²) in [6.45, 7) is 1.34. The van der Waals surface area contributed by atoms with Crippen molar-refractivity contribution in [3.05, 3.63) is 29.6 Å². The number of benzene rings is 1. The molecule has 0 bridgehead atoms. The van der Waals surface area contributed by atoms with Gasteiger partial charge in [0.05, 0.1) is 11.5 Å². The second-order valence-corrected chi connectivity index (χ2v) is 7.08. The van der Waals surface area contributed by atoms with Gasteiger partial charge < -0.3 is 5.11 Å². The third-order valence-corrected chi connectivity index (χ3v) is 5.50. The first kappa shape index (κ1) is 15.4. The van der Waals surface area contributed by atoms with Crippen LogP contribution in [0.3, 0.4) is 0 Å². The highest BCUT2D eigenvalue weighted by molar-refractivity contribution is 7.89. The van der Waals surface area contributed by atoms with Crippen LogP contribution in [0.1, 0.15) is 38.2 Å². The molecule has 1 aliphatic carbocycles. The van der Waals surface area contributed by atoms with Gasteiger partial charge in [0.2, 0.25) is 10.0 Å². The monoisotopic (exact) mass is 301 g/mol. The normalized spacial score (nSPS) is 18.4. The zero-order valence-electron chi connectivity index (χ0n) is 11.5. The highest BCUT2D eigenvalue weighted by atomic mass is 32.2. The minimum Gasteiger partial charge on any atom is -0.392 e. The molecule has 20 heavy (non-hydrogen) atoms. The van der Waals surface area contributed by atoms with Gasteiger partial charge in [0.15, 0.2) is 0 Å². The molecule has 0 amide bonds. The molecule has 1 fully saturated rings. The molecular formula is C14H20FNO3S. The zero-order chi connectivity index (χ0) is 14.8. The topological polar surface area (TPSA) is 66.4 Å². The van der Waals surface area contributed by atoms with E-state index in [1.54, 1.807) is 0 Å². The number of halogens is 1. The minimum absolute atomic E-state index is 0.00667. The molecule has 1 aromatic carbocycles. The number of sulfonamides is 1. The Morgan fingerprint density at radius 2 is 2.05 bits per heavy atom. The van der Waals surface area contributed by atoms with Crippen LogP contribution in [0.4, 0.5) is 4.39 Å². The number of nitrogens with one attached hydrogen (secondary N) is 1. The van der Waals surface area contributed by atoms with Crippen LogP contribution in [0.5, 0.6) is 0 Å². The predicted molar refractivity (Wildman–Crippen MR) is 74.1 cm³/mol. The molecule has 4 nitrogen and oxygen atoms in total. The van der Waals surface area contributed by atoms with Gasteiger partial charge in [0.1, 0.15) is 5.82 Å². The van der Waals surface area contributed by atoms with Crippen LogP contribution in [0.2, 0.25) is 0 Å². The summed E-state index contributed by atoms with van der Waals surface area (Å²) < 4.78 is 40.5. The standard InChI is InChI=1S/C14H20FNO3S/c1-10(11-4-2-3-5-11)16-20(18,19)13-6-7-14(15)12(8-13)9-17/h6-8,10-11,16-17H,2-5,9H2,1H3. The lowest BCUT2D eigenvalue weighted by Gasteiger charge is -2.20.